The Bertz CT molecular complexity index is 44.3. The molecule has 0 aromatic carbocycles. The summed E-state index contributed by atoms with van der Waals surface area (Å²) >= 11 is 0. The van der Waals surface area contributed by atoms with Crippen molar-refractivity contribution in [3.05, 3.63) is 0 Å². The first kappa shape index (κ1) is 8.88. The van der Waals surface area contributed by atoms with Gasteiger partial charge in [-0.15, -0.1) is 0 Å². The van der Waals surface area contributed by atoms with Crippen LogP contribution in [0, 0.1) is 0 Å². The highest BCUT2D eigenvalue weighted by molar-refractivity contribution is 4.39. The lowest BCUT2D eigenvalue weighted by molar-refractivity contribution is 0.133. The fourth-order valence-corrected chi connectivity index (χ4v) is 0.651. The molecule has 9 heavy (non-hydrogen) atoms. The first-order valence-electron chi connectivity index (χ1n) is 3.34. The Morgan fingerprint density at radius 1 is 1.11 bits per heavy atom. The van der Waals surface area contributed by atoms with Crippen molar-refractivity contribution in [1.29, 1.82) is 0 Å². The molecule has 0 saturated heterocycles. The minimum Gasteiger partial charge on any atom is -0.396 e. The van der Waals surface area contributed by atoms with Gasteiger partial charge < -0.3 is 9.94 Å². The molecule has 0 saturated carbocycles. The highest BCUT2D eigenvalue weighted by Gasteiger charge is 1.86. The molecule has 0 heterocycles. The molecule has 0 aliphatic rings. The third-order valence-electron chi connectivity index (χ3n) is 1.17. The van der Waals surface area contributed by atoms with Gasteiger partial charge in [-0.1, -0.05) is 12.8 Å². The molecule has 0 fully saturated rings. The molecule has 0 unspecified atom stereocenters. The van der Waals surface area contributed by atoms with Crippen LogP contribution in [0.1, 0.15) is 25.7 Å². The lowest BCUT2D eigenvalue weighted by Gasteiger charge is -1.96. The van der Waals surface area contributed by atoms with E-state index in [2.05, 4.69) is 4.84 Å². The van der Waals surface area contributed by atoms with Gasteiger partial charge in [-0.25, -0.2) is 5.90 Å². The van der Waals surface area contributed by atoms with Crippen molar-refractivity contribution >= 4 is 0 Å². The molecule has 3 N–H and O–H groups in total. The molecule has 0 spiro atoms. The fourth-order valence-electron chi connectivity index (χ4n) is 0.651. The van der Waals surface area contributed by atoms with Crippen molar-refractivity contribution in [2.45, 2.75) is 25.7 Å². The van der Waals surface area contributed by atoms with Crippen LogP contribution in [-0.4, -0.2) is 18.3 Å². The summed E-state index contributed by atoms with van der Waals surface area (Å²) in [5.41, 5.74) is 0. The molecule has 56 valence electrons. The zero-order valence-electron chi connectivity index (χ0n) is 5.68. The minimum absolute atomic E-state index is 0.295. The van der Waals surface area contributed by atoms with E-state index in [9.17, 15) is 0 Å². The number of aliphatic hydroxyl groups is 1. The van der Waals surface area contributed by atoms with Crippen LogP contribution < -0.4 is 5.90 Å². The van der Waals surface area contributed by atoms with Gasteiger partial charge in [0.2, 0.25) is 0 Å². The maximum Gasteiger partial charge on any atom is 0.0679 e. The molecular weight excluding hydrogens is 118 g/mol. The Labute approximate surface area is 55.8 Å². The Hall–Kier alpha value is -0.120. The molecule has 0 bridgehead atoms. The predicted molar refractivity (Wildman–Crippen MR) is 35.7 cm³/mol. The van der Waals surface area contributed by atoms with Crippen LogP contribution in [0.4, 0.5) is 0 Å². The van der Waals surface area contributed by atoms with Gasteiger partial charge in [0.15, 0.2) is 0 Å². The van der Waals surface area contributed by atoms with Crippen LogP contribution in [0.3, 0.4) is 0 Å². The first-order chi connectivity index (χ1) is 4.41. The van der Waals surface area contributed by atoms with Gasteiger partial charge in [0.25, 0.3) is 0 Å². The smallest absolute Gasteiger partial charge is 0.0679 e. The minimum atomic E-state index is 0.295. The monoisotopic (exact) mass is 133 g/mol. The van der Waals surface area contributed by atoms with Crippen molar-refractivity contribution in [3.8, 4) is 0 Å². The summed E-state index contributed by atoms with van der Waals surface area (Å²) in [5.74, 6) is 4.79. The lowest BCUT2D eigenvalue weighted by Crippen LogP contribution is -2.00. The first-order valence-corrected chi connectivity index (χ1v) is 3.34. The van der Waals surface area contributed by atoms with Crippen molar-refractivity contribution in [2.24, 2.45) is 5.90 Å². The second-order valence-corrected chi connectivity index (χ2v) is 2.01. The maximum absolute atomic E-state index is 8.37. The molecule has 0 aliphatic heterocycles. The number of hydrogen-bond donors (Lipinski definition) is 2. The average molecular weight is 133 g/mol. The SMILES string of the molecule is NOCCCCCCO. The summed E-state index contributed by atoms with van der Waals surface area (Å²) in [7, 11) is 0. The molecule has 0 aliphatic carbocycles. The summed E-state index contributed by atoms with van der Waals surface area (Å²) in [6.07, 6.45) is 4.05. The molecule has 0 rings (SSSR count). The van der Waals surface area contributed by atoms with E-state index in [1.54, 1.807) is 0 Å². The average Bonchev–Trinajstić information content (AvgIpc) is 1.89. The van der Waals surface area contributed by atoms with Crippen molar-refractivity contribution in [1.82, 2.24) is 0 Å². The molecule has 0 aromatic rings. The van der Waals surface area contributed by atoms with Gasteiger partial charge in [0.05, 0.1) is 6.61 Å². The molecule has 0 radical (unpaired) electrons. The van der Waals surface area contributed by atoms with Crippen molar-refractivity contribution < 1.29 is 9.94 Å². The van der Waals surface area contributed by atoms with Gasteiger partial charge in [0, 0.05) is 6.61 Å². The number of hydrogen-bond acceptors (Lipinski definition) is 3. The Kier molecular flexibility index (Phi) is 7.77. The second-order valence-electron chi connectivity index (χ2n) is 2.01. The van der Waals surface area contributed by atoms with Crippen LogP contribution >= 0.6 is 0 Å². The molecule has 3 nitrogen and oxygen atoms in total. The predicted octanol–water partition coefficient (Wildman–Crippen LogP) is 0.429. The topological polar surface area (TPSA) is 55.5 Å². The van der Waals surface area contributed by atoms with Gasteiger partial charge in [-0.05, 0) is 12.8 Å². The molecule has 0 amide bonds. The number of nitrogens with two attached hydrogens (primary N) is 1. The van der Waals surface area contributed by atoms with E-state index in [1.807, 2.05) is 0 Å². The molecule has 3 heteroatoms. The number of unbranched alkanes of at least 4 members (excludes halogenated alkanes) is 3. The van der Waals surface area contributed by atoms with Gasteiger partial charge in [-0.2, -0.15) is 0 Å². The van der Waals surface area contributed by atoms with Crippen LogP contribution in [0.15, 0.2) is 0 Å². The maximum atomic E-state index is 8.37. The summed E-state index contributed by atoms with van der Waals surface area (Å²) in [6.45, 7) is 0.926. The molecule has 0 atom stereocenters. The third kappa shape index (κ3) is 7.88. The second kappa shape index (κ2) is 7.88. The van der Waals surface area contributed by atoms with E-state index in [0.717, 1.165) is 25.7 Å². The summed E-state index contributed by atoms with van der Waals surface area (Å²) in [5, 5.41) is 8.37. The van der Waals surface area contributed by atoms with Gasteiger partial charge in [-0.3, -0.25) is 0 Å². The summed E-state index contributed by atoms with van der Waals surface area (Å²) < 4.78 is 0. The molecular formula is C6H15NO2. The van der Waals surface area contributed by atoms with Crippen LogP contribution in [-0.2, 0) is 4.84 Å². The zero-order chi connectivity index (χ0) is 6.95. The van der Waals surface area contributed by atoms with Gasteiger partial charge >= 0.3 is 0 Å². The fraction of sp³-hybridized carbons (Fsp3) is 1.00. The van der Waals surface area contributed by atoms with Crippen LogP contribution in [0.5, 0.6) is 0 Å². The number of aliphatic hydroxyl groups excluding tert-OH is 1. The molecule has 0 aromatic heterocycles. The van der Waals surface area contributed by atoms with Gasteiger partial charge in [0.1, 0.15) is 0 Å². The Morgan fingerprint density at radius 2 is 1.78 bits per heavy atom. The summed E-state index contributed by atoms with van der Waals surface area (Å²) in [6, 6.07) is 0. The Morgan fingerprint density at radius 3 is 2.33 bits per heavy atom. The lowest BCUT2D eigenvalue weighted by atomic mass is 10.2. The highest BCUT2D eigenvalue weighted by Crippen LogP contribution is 1.97. The normalized spacial score (nSPS) is 10.0. The summed E-state index contributed by atoms with van der Waals surface area (Å²) in [4.78, 5) is 4.36. The Balaban J connectivity index is 2.60. The standard InChI is InChI=1S/C6H15NO2/c7-9-6-4-2-1-3-5-8/h8H,1-7H2. The third-order valence-corrected chi connectivity index (χ3v) is 1.17. The van der Waals surface area contributed by atoms with E-state index < -0.39 is 0 Å². The van der Waals surface area contributed by atoms with Crippen molar-refractivity contribution in [2.75, 3.05) is 13.2 Å². The number of rotatable bonds is 6. The quantitative estimate of drug-likeness (QED) is 0.408. The van der Waals surface area contributed by atoms with E-state index in [1.165, 1.54) is 0 Å². The van der Waals surface area contributed by atoms with E-state index in [0.29, 0.717) is 13.2 Å². The van der Waals surface area contributed by atoms with E-state index >= 15 is 0 Å². The highest BCUT2D eigenvalue weighted by atomic mass is 16.6. The van der Waals surface area contributed by atoms with Crippen LogP contribution in [0.2, 0.25) is 0 Å². The largest absolute Gasteiger partial charge is 0.396 e. The van der Waals surface area contributed by atoms with Crippen LogP contribution in [0.25, 0.3) is 0 Å². The van der Waals surface area contributed by atoms with E-state index in [-0.39, 0.29) is 0 Å². The zero-order valence-corrected chi connectivity index (χ0v) is 5.68. The van der Waals surface area contributed by atoms with E-state index in [4.69, 9.17) is 11.0 Å². The van der Waals surface area contributed by atoms with Crippen molar-refractivity contribution in [3.63, 3.8) is 0 Å².